The molecule has 1 aromatic rings. The second-order valence-electron chi connectivity index (χ2n) is 4.93. The molecular formula is C14H21NO3. The summed E-state index contributed by atoms with van der Waals surface area (Å²) in [5.41, 5.74) is 5.97. The Hall–Kier alpha value is -1.39. The topological polar surface area (TPSA) is 61.6 Å². The minimum absolute atomic E-state index is 0.195. The maximum absolute atomic E-state index is 11.3. The molecule has 0 aliphatic heterocycles. The van der Waals surface area contributed by atoms with E-state index >= 15 is 0 Å². The van der Waals surface area contributed by atoms with E-state index in [2.05, 4.69) is 0 Å². The van der Waals surface area contributed by atoms with Crippen molar-refractivity contribution < 1.29 is 14.3 Å². The molecule has 0 fully saturated rings. The van der Waals surface area contributed by atoms with Crippen LogP contribution in [-0.2, 0) is 20.9 Å². The summed E-state index contributed by atoms with van der Waals surface area (Å²) in [6.45, 7) is 6.04. The van der Waals surface area contributed by atoms with E-state index in [-0.39, 0.29) is 6.61 Å². The molecule has 1 aromatic carbocycles. The zero-order valence-corrected chi connectivity index (χ0v) is 11.2. The van der Waals surface area contributed by atoms with Crippen LogP contribution in [0.15, 0.2) is 30.3 Å². The molecule has 2 N–H and O–H groups in total. The van der Waals surface area contributed by atoms with Crippen LogP contribution in [-0.4, -0.2) is 24.2 Å². The largest absolute Gasteiger partial charge is 0.461 e. The van der Waals surface area contributed by atoms with Crippen LogP contribution in [0.25, 0.3) is 0 Å². The Morgan fingerprint density at radius 3 is 2.50 bits per heavy atom. The van der Waals surface area contributed by atoms with Crippen LogP contribution < -0.4 is 5.73 Å². The third kappa shape index (κ3) is 5.29. The first-order chi connectivity index (χ1) is 8.41. The SMILES string of the molecule is C[C@H](N)C(=O)OCC(C)(C)OCc1ccccc1. The molecule has 4 heteroatoms. The highest BCUT2D eigenvalue weighted by atomic mass is 16.6. The lowest BCUT2D eigenvalue weighted by Crippen LogP contribution is -2.36. The molecule has 0 saturated carbocycles. The molecule has 0 radical (unpaired) electrons. The highest BCUT2D eigenvalue weighted by Crippen LogP contribution is 2.13. The van der Waals surface area contributed by atoms with Crippen molar-refractivity contribution in [2.45, 2.75) is 39.0 Å². The van der Waals surface area contributed by atoms with Gasteiger partial charge in [0.2, 0.25) is 0 Å². The minimum Gasteiger partial charge on any atom is -0.461 e. The van der Waals surface area contributed by atoms with Crippen molar-refractivity contribution in [3.63, 3.8) is 0 Å². The van der Waals surface area contributed by atoms with Crippen molar-refractivity contribution in [1.82, 2.24) is 0 Å². The van der Waals surface area contributed by atoms with Crippen LogP contribution in [0.5, 0.6) is 0 Å². The van der Waals surface area contributed by atoms with Crippen molar-refractivity contribution >= 4 is 5.97 Å². The Balaban J connectivity index is 2.38. The molecule has 0 saturated heterocycles. The molecule has 100 valence electrons. The Morgan fingerprint density at radius 1 is 1.33 bits per heavy atom. The molecule has 0 aromatic heterocycles. The maximum atomic E-state index is 11.3. The van der Waals surface area contributed by atoms with E-state index in [4.69, 9.17) is 15.2 Å². The summed E-state index contributed by atoms with van der Waals surface area (Å²) in [7, 11) is 0. The first-order valence-electron chi connectivity index (χ1n) is 6.01. The summed E-state index contributed by atoms with van der Waals surface area (Å²) in [6, 6.07) is 9.26. The summed E-state index contributed by atoms with van der Waals surface area (Å²) in [5, 5.41) is 0. The normalized spacial score (nSPS) is 13.1. The van der Waals surface area contributed by atoms with Crippen molar-refractivity contribution in [3.05, 3.63) is 35.9 Å². The van der Waals surface area contributed by atoms with Gasteiger partial charge >= 0.3 is 5.97 Å². The van der Waals surface area contributed by atoms with Crippen LogP contribution in [0.3, 0.4) is 0 Å². The standard InChI is InChI=1S/C14H21NO3/c1-11(15)13(16)17-10-14(2,3)18-9-12-7-5-4-6-8-12/h4-8,11H,9-10,15H2,1-3H3/t11-/m0/s1. The van der Waals surface area contributed by atoms with Gasteiger partial charge in [-0.15, -0.1) is 0 Å². The van der Waals surface area contributed by atoms with Gasteiger partial charge in [0.05, 0.1) is 12.2 Å². The quantitative estimate of drug-likeness (QED) is 0.784. The molecule has 18 heavy (non-hydrogen) atoms. The van der Waals surface area contributed by atoms with Crippen molar-refractivity contribution in [2.75, 3.05) is 6.61 Å². The van der Waals surface area contributed by atoms with Gasteiger partial charge in [-0.1, -0.05) is 30.3 Å². The zero-order valence-electron chi connectivity index (χ0n) is 11.2. The predicted molar refractivity (Wildman–Crippen MR) is 69.9 cm³/mol. The van der Waals surface area contributed by atoms with Gasteiger partial charge in [0.1, 0.15) is 12.6 Å². The Kier molecular flexibility index (Phi) is 5.31. The first-order valence-corrected chi connectivity index (χ1v) is 6.01. The number of hydrogen-bond acceptors (Lipinski definition) is 4. The summed E-state index contributed by atoms with van der Waals surface area (Å²) in [6.07, 6.45) is 0. The first kappa shape index (κ1) is 14.7. The molecule has 0 aliphatic rings. The third-order valence-electron chi connectivity index (χ3n) is 2.41. The monoisotopic (exact) mass is 251 g/mol. The van der Waals surface area contributed by atoms with Gasteiger partial charge in [-0.2, -0.15) is 0 Å². The summed E-state index contributed by atoms with van der Waals surface area (Å²) < 4.78 is 10.8. The molecule has 1 atom stereocenters. The van der Waals surface area contributed by atoms with Crippen LogP contribution in [0.4, 0.5) is 0 Å². The molecule has 0 aliphatic carbocycles. The predicted octanol–water partition coefficient (Wildman–Crippen LogP) is 1.87. The lowest BCUT2D eigenvalue weighted by molar-refractivity contribution is -0.155. The van der Waals surface area contributed by atoms with Crippen LogP contribution in [0, 0.1) is 0 Å². The number of carbonyl (C=O) groups excluding carboxylic acids is 1. The second-order valence-corrected chi connectivity index (χ2v) is 4.93. The molecule has 0 heterocycles. The molecule has 0 bridgehead atoms. The Bertz CT molecular complexity index is 374. The van der Waals surface area contributed by atoms with Crippen LogP contribution in [0.2, 0.25) is 0 Å². The highest BCUT2D eigenvalue weighted by Gasteiger charge is 2.22. The fourth-order valence-electron chi connectivity index (χ4n) is 1.27. The Morgan fingerprint density at radius 2 is 1.94 bits per heavy atom. The average molecular weight is 251 g/mol. The number of ether oxygens (including phenoxy) is 2. The van der Waals surface area contributed by atoms with E-state index in [9.17, 15) is 4.79 Å². The van der Waals surface area contributed by atoms with E-state index in [0.717, 1.165) is 5.56 Å². The number of hydrogen-bond donors (Lipinski definition) is 1. The molecule has 4 nitrogen and oxygen atoms in total. The summed E-state index contributed by atoms with van der Waals surface area (Å²) in [4.78, 5) is 11.3. The van der Waals surface area contributed by atoms with Crippen LogP contribution >= 0.6 is 0 Å². The van der Waals surface area contributed by atoms with Crippen molar-refractivity contribution in [1.29, 1.82) is 0 Å². The zero-order chi connectivity index (χ0) is 13.6. The van der Waals surface area contributed by atoms with Gasteiger partial charge in [0.15, 0.2) is 0 Å². The van der Waals surface area contributed by atoms with Gasteiger partial charge in [-0.3, -0.25) is 4.79 Å². The fourth-order valence-corrected chi connectivity index (χ4v) is 1.27. The molecule has 0 amide bonds. The minimum atomic E-state index is -0.602. The van der Waals surface area contributed by atoms with E-state index in [1.54, 1.807) is 6.92 Å². The molecule has 0 spiro atoms. The smallest absolute Gasteiger partial charge is 0.322 e. The van der Waals surface area contributed by atoms with Gasteiger partial charge in [-0.25, -0.2) is 0 Å². The van der Waals surface area contributed by atoms with Gasteiger partial charge in [0, 0.05) is 0 Å². The Labute approximate surface area is 108 Å². The number of benzene rings is 1. The lowest BCUT2D eigenvalue weighted by atomic mass is 10.1. The second kappa shape index (κ2) is 6.52. The number of rotatable bonds is 6. The third-order valence-corrected chi connectivity index (χ3v) is 2.41. The fraction of sp³-hybridized carbons (Fsp3) is 0.500. The maximum Gasteiger partial charge on any atom is 0.322 e. The average Bonchev–Trinajstić information content (AvgIpc) is 2.35. The summed E-state index contributed by atoms with van der Waals surface area (Å²) >= 11 is 0. The molecule has 1 rings (SSSR count). The van der Waals surface area contributed by atoms with Gasteiger partial charge in [0.25, 0.3) is 0 Å². The number of nitrogens with two attached hydrogens (primary N) is 1. The van der Waals surface area contributed by atoms with E-state index in [1.165, 1.54) is 0 Å². The number of carbonyl (C=O) groups is 1. The molecule has 0 unspecified atom stereocenters. The highest BCUT2D eigenvalue weighted by molar-refractivity contribution is 5.74. The number of esters is 1. The summed E-state index contributed by atoms with van der Waals surface area (Å²) in [5.74, 6) is -0.411. The van der Waals surface area contributed by atoms with Gasteiger partial charge in [-0.05, 0) is 26.3 Å². The van der Waals surface area contributed by atoms with Crippen LogP contribution in [0.1, 0.15) is 26.3 Å². The van der Waals surface area contributed by atoms with E-state index in [1.807, 2.05) is 44.2 Å². The van der Waals surface area contributed by atoms with Crippen molar-refractivity contribution in [3.8, 4) is 0 Å². The van der Waals surface area contributed by atoms with Crippen molar-refractivity contribution in [2.24, 2.45) is 5.73 Å². The van der Waals surface area contributed by atoms with E-state index < -0.39 is 17.6 Å². The van der Waals surface area contributed by atoms with Gasteiger partial charge < -0.3 is 15.2 Å². The van der Waals surface area contributed by atoms with E-state index in [0.29, 0.717) is 6.61 Å². The lowest BCUT2D eigenvalue weighted by Gasteiger charge is -2.25. The molecular weight excluding hydrogens is 230 g/mol.